The summed E-state index contributed by atoms with van der Waals surface area (Å²) in [6, 6.07) is 13.5. The average Bonchev–Trinajstić information content (AvgIpc) is 3.66. The molecule has 2 aromatic carbocycles. The molecule has 0 aliphatic carbocycles. The Balaban J connectivity index is 1.49. The molecule has 310 valence electrons. The third-order valence-electron chi connectivity index (χ3n) is 9.60. The van der Waals surface area contributed by atoms with E-state index in [2.05, 4.69) is 16.0 Å². The Labute approximate surface area is 332 Å². The standard InChI is InChI=1S/C41H55N5O11/c1-27(47)43-31(26-55-24-28-14-7-5-8-15-28)35(48)44-34-30(38(51)52)20-23-46(37(34)50)32(36(49)45-22-13-19-33(45)39(53)57-41(2,3)4)18-11-12-21-42-40(54)56-25-29-16-9-6-10-17-29/h5-10,14-17,30-34H,11-13,18-26H2,1-4H3,(H,42,54)(H,43,47)(H,44,48)(H,51,52)/t30-,31+,32?,33+,34+/m1/s1. The highest BCUT2D eigenvalue weighted by Gasteiger charge is 2.48. The molecule has 0 saturated carbocycles. The monoisotopic (exact) mass is 793 g/mol. The minimum atomic E-state index is -1.58. The molecule has 0 spiro atoms. The zero-order chi connectivity index (χ0) is 41.5. The predicted octanol–water partition coefficient (Wildman–Crippen LogP) is 2.92. The number of carbonyl (C=O) groups is 7. The first kappa shape index (κ1) is 44.2. The van der Waals surface area contributed by atoms with Crippen molar-refractivity contribution in [2.45, 2.75) is 109 Å². The van der Waals surface area contributed by atoms with Gasteiger partial charge in [0.1, 0.15) is 36.4 Å². The fourth-order valence-corrected chi connectivity index (χ4v) is 6.87. The van der Waals surface area contributed by atoms with E-state index in [0.29, 0.717) is 25.7 Å². The Morgan fingerprint density at radius 3 is 2.16 bits per heavy atom. The molecule has 16 nitrogen and oxygen atoms in total. The van der Waals surface area contributed by atoms with Gasteiger partial charge in [-0.15, -0.1) is 0 Å². The molecule has 0 aromatic heterocycles. The van der Waals surface area contributed by atoms with E-state index in [0.717, 1.165) is 11.1 Å². The van der Waals surface area contributed by atoms with Crippen molar-refractivity contribution in [3.8, 4) is 0 Å². The molecule has 2 fully saturated rings. The van der Waals surface area contributed by atoms with Crippen LogP contribution in [-0.2, 0) is 56.2 Å². The molecule has 57 heavy (non-hydrogen) atoms. The SMILES string of the molecule is CC(=O)N[C@@H](COCc1ccccc1)C(=O)N[C@@H]1C(=O)N(C(CCCCNC(=O)OCc2ccccc2)C(=O)N2CCC[C@H]2C(=O)OC(C)(C)C)CC[C@H]1C(=O)O. The lowest BCUT2D eigenvalue weighted by Gasteiger charge is -2.42. The summed E-state index contributed by atoms with van der Waals surface area (Å²) in [7, 11) is 0. The van der Waals surface area contributed by atoms with Gasteiger partial charge in [-0.05, 0) is 70.4 Å². The molecule has 2 aliphatic rings. The van der Waals surface area contributed by atoms with E-state index < -0.39 is 77.3 Å². The van der Waals surface area contributed by atoms with E-state index in [1.807, 2.05) is 60.7 Å². The van der Waals surface area contributed by atoms with E-state index in [4.69, 9.17) is 14.2 Å². The van der Waals surface area contributed by atoms with Crippen molar-refractivity contribution in [2.75, 3.05) is 26.2 Å². The number of nitrogens with one attached hydrogen (secondary N) is 3. The molecule has 2 saturated heterocycles. The Hall–Kier alpha value is -5.51. The number of unbranched alkanes of at least 4 members (excludes halogenated alkanes) is 1. The number of piperidine rings is 1. The van der Waals surface area contributed by atoms with Gasteiger partial charge in [0, 0.05) is 26.6 Å². The van der Waals surface area contributed by atoms with Crippen LogP contribution in [0.5, 0.6) is 0 Å². The number of hydrogen-bond acceptors (Lipinski definition) is 10. The van der Waals surface area contributed by atoms with Crippen LogP contribution in [0.2, 0.25) is 0 Å². The fourth-order valence-electron chi connectivity index (χ4n) is 6.87. The maximum Gasteiger partial charge on any atom is 0.407 e. The van der Waals surface area contributed by atoms with Crippen LogP contribution in [-0.4, -0.2) is 113 Å². The van der Waals surface area contributed by atoms with Crippen LogP contribution in [0.3, 0.4) is 0 Å². The first-order valence-electron chi connectivity index (χ1n) is 19.3. The van der Waals surface area contributed by atoms with Crippen LogP contribution in [0, 0.1) is 5.92 Å². The topological polar surface area (TPSA) is 210 Å². The summed E-state index contributed by atoms with van der Waals surface area (Å²) in [6.45, 7) is 6.71. The van der Waals surface area contributed by atoms with Gasteiger partial charge < -0.3 is 45.1 Å². The Bertz CT molecular complexity index is 1700. The second-order valence-corrected chi connectivity index (χ2v) is 15.2. The van der Waals surface area contributed by atoms with Crippen molar-refractivity contribution >= 4 is 41.7 Å². The van der Waals surface area contributed by atoms with Gasteiger partial charge in [0.25, 0.3) is 0 Å². The van der Waals surface area contributed by atoms with Gasteiger partial charge in [-0.2, -0.15) is 0 Å². The van der Waals surface area contributed by atoms with Crippen molar-refractivity contribution in [1.29, 1.82) is 0 Å². The smallest absolute Gasteiger partial charge is 0.407 e. The zero-order valence-electron chi connectivity index (χ0n) is 33.1. The van der Waals surface area contributed by atoms with Gasteiger partial charge in [-0.3, -0.25) is 24.0 Å². The van der Waals surface area contributed by atoms with Gasteiger partial charge in [-0.25, -0.2) is 9.59 Å². The number of amides is 5. The summed E-state index contributed by atoms with van der Waals surface area (Å²) in [5.74, 6) is -5.88. The molecule has 5 amide bonds. The summed E-state index contributed by atoms with van der Waals surface area (Å²) in [4.78, 5) is 95.2. The molecule has 5 atom stereocenters. The summed E-state index contributed by atoms with van der Waals surface area (Å²) >= 11 is 0. The molecular weight excluding hydrogens is 738 g/mol. The van der Waals surface area contributed by atoms with Crippen LogP contribution in [0.25, 0.3) is 0 Å². The van der Waals surface area contributed by atoms with Crippen molar-refractivity contribution < 1.29 is 52.9 Å². The number of hydrogen-bond donors (Lipinski definition) is 4. The molecule has 0 radical (unpaired) electrons. The number of aliphatic carboxylic acids is 1. The largest absolute Gasteiger partial charge is 0.481 e. The Morgan fingerprint density at radius 1 is 0.895 bits per heavy atom. The van der Waals surface area contributed by atoms with E-state index in [1.54, 1.807) is 20.8 Å². The van der Waals surface area contributed by atoms with Gasteiger partial charge in [-0.1, -0.05) is 60.7 Å². The first-order chi connectivity index (χ1) is 27.1. The molecular formula is C41H55N5O11. The Morgan fingerprint density at radius 2 is 1.54 bits per heavy atom. The van der Waals surface area contributed by atoms with Crippen LogP contribution >= 0.6 is 0 Å². The van der Waals surface area contributed by atoms with Gasteiger partial charge >= 0.3 is 18.0 Å². The molecule has 2 heterocycles. The minimum Gasteiger partial charge on any atom is -0.481 e. The average molecular weight is 794 g/mol. The lowest BCUT2D eigenvalue weighted by Crippen LogP contribution is -2.65. The molecule has 4 N–H and O–H groups in total. The number of rotatable bonds is 18. The van der Waals surface area contributed by atoms with Gasteiger partial charge in [0.05, 0.1) is 19.1 Å². The molecule has 0 bridgehead atoms. The summed E-state index contributed by atoms with van der Waals surface area (Å²) < 4.78 is 16.6. The predicted molar refractivity (Wildman–Crippen MR) is 206 cm³/mol. The van der Waals surface area contributed by atoms with E-state index in [1.165, 1.54) is 16.7 Å². The fraction of sp³-hybridized carbons (Fsp3) is 0.537. The van der Waals surface area contributed by atoms with Crippen molar-refractivity contribution in [3.63, 3.8) is 0 Å². The molecule has 4 rings (SSSR count). The second kappa shape index (κ2) is 21.1. The van der Waals surface area contributed by atoms with Gasteiger partial charge in [0.15, 0.2) is 0 Å². The highest BCUT2D eigenvalue weighted by molar-refractivity contribution is 5.98. The number of ether oxygens (including phenoxy) is 3. The third kappa shape index (κ3) is 13.6. The number of alkyl carbamates (subject to hydrolysis) is 1. The van der Waals surface area contributed by atoms with Crippen molar-refractivity contribution in [3.05, 3.63) is 71.8 Å². The molecule has 2 aliphatic heterocycles. The first-order valence-corrected chi connectivity index (χ1v) is 19.3. The van der Waals surface area contributed by atoms with Crippen molar-refractivity contribution in [1.82, 2.24) is 25.8 Å². The number of carboxylic acids is 1. The van der Waals surface area contributed by atoms with E-state index in [9.17, 15) is 38.7 Å². The molecule has 16 heteroatoms. The minimum absolute atomic E-state index is 0.0879. The number of carbonyl (C=O) groups excluding carboxylic acids is 6. The molecule has 1 unspecified atom stereocenters. The van der Waals surface area contributed by atoms with Crippen LogP contribution < -0.4 is 16.0 Å². The second-order valence-electron chi connectivity index (χ2n) is 15.2. The lowest BCUT2D eigenvalue weighted by atomic mass is 9.88. The van der Waals surface area contributed by atoms with E-state index >= 15 is 0 Å². The normalized spacial score (nSPS) is 19.2. The quantitative estimate of drug-likeness (QED) is 0.127. The summed E-state index contributed by atoms with van der Waals surface area (Å²) in [5, 5.41) is 17.9. The number of benzene rings is 2. The van der Waals surface area contributed by atoms with Crippen LogP contribution in [0.4, 0.5) is 4.79 Å². The highest BCUT2D eigenvalue weighted by Crippen LogP contribution is 2.28. The number of carboxylic acid groups (broad SMARTS) is 1. The highest BCUT2D eigenvalue weighted by atomic mass is 16.6. The van der Waals surface area contributed by atoms with E-state index in [-0.39, 0.29) is 52.3 Å². The summed E-state index contributed by atoms with van der Waals surface area (Å²) in [6.07, 6.45) is 1.07. The maximum atomic E-state index is 14.4. The zero-order valence-corrected chi connectivity index (χ0v) is 33.1. The third-order valence-corrected chi connectivity index (χ3v) is 9.60. The van der Waals surface area contributed by atoms with Gasteiger partial charge in [0.2, 0.25) is 23.6 Å². The van der Waals surface area contributed by atoms with Crippen molar-refractivity contribution in [2.24, 2.45) is 5.92 Å². The molecule has 2 aromatic rings. The van der Waals surface area contributed by atoms with Crippen LogP contribution in [0.1, 0.15) is 77.3 Å². The maximum absolute atomic E-state index is 14.4. The number of likely N-dealkylation sites (tertiary alicyclic amines) is 2. The lowest BCUT2D eigenvalue weighted by molar-refractivity contribution is -0.166. The Kier molecular flexibility index (Phi) is 16.4. The van der Waals surface area contributed by atoms with Crippen LogP contribution in [0.15, 0.2) is 60.7 Å². The summed E-state index contributed by atoms with van der Waals surface area (Å²) in [5.41, 5.74) is 0.851. The number of nitrogens with zero attached hydrogens (tertiary/aromatic N) is 2. The number of esters is 1.